The Hall–Kier alpha value is -0.810. The molecule has 2 rings (SSSR count). The van der Waals surface area contributed by atoms with E-state index in [0.717, 1.165) is 26.3 Å². The summed E-state index contributed by atoms with van der Waals surface area (Å²) >= 11 is 0. The highest BCUT2D eigenvalue weighted by molar-refractivity contribution is 5.68. The van der Waals surface area contributed by atoms with Gasteiger partial charge in [-0.3, -0.25) is 4.90 Å². The Kier molecular flexibility index (Phi) is 3.08. The van der Waals surface area contributed by atoms with Crippen molar-refractivity contribution in [3.8, 4) is 0 Å². The van der Waals surface area contributed by atoms with E-state index in [0.29, 0.717) is 6.04 Å². The summed E-state index contributed by atoms with van der Waals surface area (Å²) in [6, 6.07) is 0.798. The van der Waals surface area contributed by atoms with Gasteiger partial charge in [0.05, 0.1) is 25.3 Å². The van der Waals surface area contributed by atoms with E-state index >= 15 is 0 Å². The van der Waals surface area contributed by atoms with E-state index in [1.807, 2.05) is 20.8 Å². The fraction of sp³-hybridized carbons (Fsp3) is 0.909. The molecule has 16 heavy (non-hydrogen) atoms. The Labute approximate surface area is 96.1 Å². The lowest BCUT2D eigenvalue weighted by molar-refractivity contribution is -0.0931. The molecule has 2 heterocycles. The van der Waals surface area contributed by atoms with Gasteiger partial charge in [-0.15, -0.1) is 0 Å². The van der Waals surface area contributed by atoms with Crippen LogP contribution in [0, 0.1) is 0 Å². The Balaban J connectivity index is 1.63. The monoisotopic (exact) mass is 228 g/mol. The Morgan fingerprint density at radius 1 is 1.38 bits per heavy atom. The first kappa shape index (κ1) is 11.7. The van der Waals surface area contributed by atoms with Gasteiger partial charge in [0.2, 0.25) is 0 Å². The molecule has 0 aliphatic carbocycles. The van der Waals surface area contributed by atoms with Crippen molar-refractivity contribution < 1.29 is 14.3 Å². The van der Waals surface area contributed by atoms with Gasteiger partial charge >= 0.3 is 6.09 Å². The molecule has 0 aromatic heterocycles. The topological polar surface area (TPSA) is 50.8 Å². The normalized spacial score (nSPS) is 23.4. The van der Waals surface area contributed by atoms with Crippen molar-refractivity contribution in [1.29, 1.82) is 0 Å². The molecule has 92 valence electrons. The zero-order chi connectivity index (χ0) is 11.8. The van der Waals surface area contributed by atoms with Crippen LogP contribution in [0.25, 0.3) is 0 Å². The van der Waals surface area contributed by atoms with E-state index in [-0.39, 0.29) is 12.1 Å². The molecule has 0 unspecified atom stereocenters. The second-order valence-corrected chi connectivity index (χ2v) is 5.49. The fourth-order valence-electron chi connectivity index (χ4n) is 1.81. The number of hydrogen-bond acceptors (Lipinski definition) is 4. The number of alkyl carbamates (subject to hydrolysis) is 1. The van der Waals surface area contributed by atoms with Gasteiger partial charge in [-0.25, -0.2) is 4.79 Å². The quantitative estimate of drug-likeness (QED) is 0.751. The maximum Gasteiger partial charge on any atom is 0.407 e. The Bertz CT molecular complexity index is 265. The highest BCUT2D eigenvalue weighted by Crippen LogP contribution is 2.18. The molecule has 0 radical (unpaired) electrons. The molecule has 0 aromatic rings. The number of nitrogens with zero attached hydrogens (tertiary/aromatic N) is 1. The molecule has 5 heteroatoms. The van der Waals surface area contributed by atoms with Crippen molar-refractivity contribution >= 4 is 6.09 Å². The van der Waals surface area contributed by atoms with Gasteiger partial charge < -0.3 is 14.8 Å². The molecular weight excluding hydrogens is 208 g/mol. The second kappa shape index (κ2) is 4.22. The first-order chi connectivity index (χ1) is 7.44. The van der Waals surface area contributed by atoms with Crippen molar-refractivity contribution in [2.75, 3.05) is 26.3 Å². The van der Waals surface area contributed by atoms with Crippen molar-refractivity contribution in [1.82, 2.24) is 10.2 Å². The fourth-order valence-corrected chi connectivity index (χ4v) is 1.81. The van der Waals surface area contributed by atoms with Gasteiger partial charge in [0.1, 0.15) is 5.60 Å². The molecule has 0 spiro atoms. The zero-order valence-electron chi connectivity index (χ0n) is 10.2. The number of rotatable bonds is 2. The smallest absolute Gasteiger partial charge is 0.407 e. The lowest BCUT2D eigenvalue weighted by Gasteiger charge is -2.47. The maximum atomic E-state index is 11.4. The van der Waals surface area contributed by atoms with Crippen LogP contribution in [0.2, 0.25) is 0 Å². The van der Waals surface area contributed by atoms with E-state index in [9.17, 15) is 4.79 Å². The van der Waals surface area contributed by atoms with Crippen molar-refractivity contribution in [2.45, 2.75) is 38.5 Å². The summed E-state index contributed by atoms with van der Waals surface area (Å²) in [5.74, 6) is 0. The van der Waals surface area contributed by atoms with E-state index < -0.39 is 5.60 Å². The molecule has 2 saturated heterocycles. The van der Waals surface area contributed by atoms with Crippen molar-refractivity contribution in [3.05, 3.63) is 0 Å². The van der Waals surface area contributed by atoms with Crippen LogP contribution in [0.5, 0.6) is 0 Å². The van der Waals surface area contributed by atoms with Gasteiger partial charge in [-0.2, -0.15) is 0 Å². The molecular formula is C11H20N2O3. The van der Waals surface area contributed by atoms with Gasteiger partial charge in [0.25, 0.3) is 0 Å². The number of ether oxygens (including phenoxy) is 2. The van der Waals surface area contributed by atoms with E-state index in [1.54, 1.807) is 0 Å². The average Bonchev–Trinajstić information content (AvgIpc) is 1.92. The molecule has 0 atom stereocenters. The lowest BCUT2D eigenvalue weighted by Crippen LogP contribution is -2.66. The van der Waals surface area contributed by atoms with Crippen LogP contribution in [0.3, 0.4) is 0 Å². The SMILES string of the molecule is CC(C)(C)OC(=O)NC1CN(C2COC2)C1. The minimum absolute atomic E-state index is 0.232. The maximum absolute atomic E-state index is 11.4. The predicted molar refractivity (Wildman–Crippen MR) is 59.3 cm³/mol. The first-order valence-corrected chi connectivity index (χ1v) is 5.75. The third-order valence-electron chi connectivity index (χ3n) is 2.77. The number of likely N-dealkylation sites (tertiary alicyclic amines) is 1. The number of carbonyl (C=O) groups excluding carboxylic acids is 1. The Morgan fingerprint density at radius 2 is 2.00 bits per heavy atom. The van der Waals surface area contributed by atoms with E-state index in [4.69, 9.17) is 9.47 Å². The number of hydrogen-bond donors (Lipinski definition) is 1. The number of nitrogens with one attached hydrogen (secondary N) is 1. The average molecular weight is 228 g/mol. The number of carbonyl (C=O) groups is 1. The molecule has 2 aliphatic heterocycles. The highest BCUT2D eigenvalue weighted by atomic mass is 16.6. The standard InChI is InChI=1S/C11H20N2O3/c1-11(2,3)16-10(14)12-8-4-13(5-8)9-6-15-7-9/h8-9H,4-7H2,1-3H3,(H,12,14). The second-order valence-electron chi connectivity index (χ2n) is 5.49. The van der Waals surface area contributed by atoms with Gasteiger partial charge in [-0.05, 0) is 20.8 Å². The van der Waals surface area contributed by atoms with Gasteiger partial charge in [0.15, 0.2) is 0 Å². The minimum atomic E-state index is -0.421. The van der Waals surface area contributed by atoms with E-state index in [1.165, 1.54) is 0 Å². The lowest BCUT2D eigenvalue weighted by atomic mass is 10.0. The van der Waals surface area contributed by atoms with Gasteiger partial charge in [0, 0.05) is 13.1 Å². The summed E-state index contributed by atoms with van der Waals surface area (Å²) < 4.78 is 10.3. The summed E-state index contributed by atoms with van der Waals surface area (Å²) in [5, 5.41) is 2.86. The van der Waals surface area contributed by atoms with Crippen molar-refractivity contribution in [3.63, 3.8) is 0 Å². The number of amides is 1. The largest absolute Gasteiger partial charge is 0.444 e. The predicted octanol–water partition coefficient (Wildman–Crippen LogP) is 0.594. The zero-order valence-corrected chi connectivity index (χ0v) is 10.2. The molecule has 5 nitrogen and oxygen atoms in total. The highest BCUT2D eigenvalue weighted by Gasteiger charge is 2.37. The van der Waals surface area contributed by atoms with Crippen LogP contribution in [-0.4, -0.2) is 55.0 Å². The molecule has 0 saturated carbocycles. The molecule has 2 aliphatic rings. The third-order valence-corrected chi connectivity index (χ3v) is 2.77. The summed E-state index contributed by atoms with van der Waals surface area (Å²) in [7, 11) is 0. The van der Waals surface area contributed by atoms with Crippen LogP contribution in [0.15, 0.2) is 0 Å². The molecule has 1 N–H and O–H groups in total. The molecule has 0 bridgehead atoms. The van der Waals surface area contributed by atoms with Crippen LogP contribution < -0.4 is 5.32 Å². The molecule has 2 fully saturated rings. The van der Waals surface area contributed by atoms with Gasteiger partial charge in [-0.1, -0.05) is 0 Å². The van der Waals surface area contributed by atoms with E-state index in [2.05, 4.69) is 10.2 Å². The van der Waals surface area contributed by atoms with Crippen LogP contribution in [0.1, 0.15) is 20.8 Å². The van der Waals surface area contributed by atoms with Crippen molar-refractivity contribution in [2.24, 2.45) is 0 Å². The molecule has 0 aromatic carbocycles. The summed E-state index contributed by atoms with van der Waals surface area (Å²) in [6.07, 6.45) is -0.318. The van der Waals surface area contributed by atoms with Crippen LogP contribution in [0.4, 0.5) is 4.79 Å². The minimum Gasteiger partial charge on any atom is -0.444 e. The van der Waals surface area contributed by atoms with Crippen LogP contribution >= 0.6 is 0 Å². The summed E-state index contributed by atoms with van der Waals surface area (Å²) in [4.78, 5) is 13.8. The summed E-state index contributed by atoms with van der Waals surface area (Å²) in [5.41, 5.74) is -0.421. The van der Waals surface area contributed by atoms with Crippen LogP contribution in [-0.2, 0) is 9.47 Å². The summed E-state index contributed by atoms with van der Waals surface area (Å²) in [6.45, 7) is 9.08. The molecule has 1 amide bonds. The Morgan fingerprint density at radius 3 is 2.44 bits per heavy atom. The first-order valence-electron chi connectivity index (χ1n) is 5.75. The third kappa shape index (κ3) is 2.86.